The summed E-state index contributed by atoms with van der Waals surface area (Å²) in [6.45, 7) is 11.0. The Morgan fingerprint density at radius 1 is 0.966 bits per heavy atom. The van der Waals surface area contributed by atoms with Crippen molar-refractivity contribution >= 4 is 28.1 Å². The zero-order valence-electron chi connectivity index (χ0n) is 17.9. The van der Waals surface area contributed by atoms with Gasteiger partial charge in [0.1, 0.15) is 0 Å². The second kappa shape index (κ2) is 7.64. The van der Waals surface area contributed by atoms with Crippen LogP contribution in [0.1, 0.15) is 49.9 Å². The molecule has 1 saturated heterocycles. The molecule has 29 heavy (non-hydrogen) atoms. The standard InChI is InChI=1S/C25H33N3O/c1-18(2)16-28-23-11-10-22(20-8-4-9-21(24(20)23)25(28)29)27-13-5-12-26(14-15-27)17-19-6-3-7-19/h4,8-11,18-19H,3,5-7,12-17H2,1-2H3. The number of carbonyl (C=O) groups is 1. The number of hydrogen-bond donors (Lipinski definition) is 0. The quantitative estimate of drug-likeness (QED) is 0.735. The Bertz CT molecular complexity index is 918. The molecular weight excluding hydrogens is 358 g/mol. The molecule has 0 spiro atoms. The molecular formula is C25H33N3O. The van der Waals surface area contributed by atoms with Gasteiger partial charge in [-0.2, -0.15) is 0 Å². The van der Waals surface area contributed by atoms with Crippen LogP contribution in [-0.2, 0) is 0 Å². The van der Waals surface area contributed by atoms with Gasteiger partial charge in [0, 0.05) is 54.7 Å². The monoisotopic (exact) mass is 391 g/mol. The minimum Gasteiger partial charge on any atom is -0.370 e. The van der Waals surface area contributed by atoms with Crippen LogP contribution in [0.2, 0.25) is 0 Å². The number of anilines is 2. The summed E-state index contributed by atoms with van der Waals surface area (Å²) in [6.07, 6.45) is 5.50. The van der Waals surface area contributed by atoms with Crippen molar-refractivity contribution in [1.82, 2.24) is 4.90 Å². The van der Waals surface area contributed by atoms with Gasteiger partial charge in [-0.05, 0) is 55.8 Å². The van der Waals surface area contributed by atoms with Crippen molar-refractivity contribution in [2.24, 2.45) is 11.8 Å². The Labute approximate surface area is 174 Å². The zero-order valence-corrected chi connectivity index (χ0v) is 17.9. The topological polar surface area (TPSA) is 26.8 Å². The molecule has 0 unspecified atom stereocenters. The lowest BCUT2D eigenvalue weighted by Crippen LogP contribution is -2.35. The molecule has 0 atom stereocenters. The Balaban J connectivity index is 1.43. The zero-order chi connectivity index (χ0) is 20.0. The van der Waals surface area contributed by atoms with E-state index in [1.54, 1.807) is 0 Å². The van der Waals surface area contributed by atoms with Gasteiger partial charge in [-0.15, -0.1) is 0 Å². The summed E-state index contributed by atoms with van der Waals surface area (Å²) in [5, 5.41) is 2.40. The van der Waals surface area contributed by atoms with Crippen molar-refractivity contribution in [3.05, 3.63) is 35.9 Å². The minimum absolute atomic E-state index is 0.166. The van der Waals surface area contributed by atoms with Gasteiger partial charge >= 0.3 is 0 Å². The van der Waals surface area contributed by atoms with E-state index in [1.165, 1.54) is 49.8 Å². The first kappa shape index (κ1) is 18.9. The third kappa shape index (κ3) is 3.42. The summed E-state index contributed by atoms with van der Waals surface area (Å²) in [5.41, 5.74) is 3.27. The van der Waals surface area contributed by atoms with Gasteiger partial charge in [-0.3, -0.25) is 4.79 Å². The van der Waals surface area contributed by atoms with Crippen LogP contribution in [0.3, 0.4) is 0 Å². The summed E-state index contributed by atoms with van der Waals surface area (Å²) in [6, 6.07) is 10.7. The van der Waals surface area contributed by atoms with E-state index in [0.717, 1.165) is 48.7 Å². The van der Waals surface area contributed by atoms with E-state index in [9.17, 15) is 4.79 Å². The van der Waals surface area contributed by atoms with Crippen molar-refractivity contribution in [3.8, 4) is 0 Å². The highest BCUT2D eigenvalue weighted by Crippen LogP contribution is 2.42. The van der Waals surface area contributed by atoms with E-state index in [2.05, 4.69) is 47.9 Å². The van der Waals surface area contributed by atoms with Gasteiger partial charge < -0.3 is 14.7 Å². The maximum Gasteiger partial charge on any atom is 0.259 e. The molecule has 2 heterocycles. The fraction of sp³-hybridized carbons (Fsp3) is 0.560. The fourth-order valence-electron chi connectivity index (χ4n) is 5.29. The van der Waals surface area contributed by atoms with Gasteiger partial charge in [0.15, 0.2) is 0 Å². The highest BCUT2D eigenvalue weighted by Gasteiger charge is 2.31. The van der Waals surface area contributed by atoms with Gasteiger partial charge in [-0.25, -0.2) is 0 Å². The molecule has 4 nitrogen and oxygen atoms in total. The predicted molar refractivity (Wildman–Crippen MR) is 121 cm³/mol. The van der Waals surface area contributed by atoms with Crippen LogP contribution in [0.5, 0.6) is 0 Å². The fourth-order valence-corrected chi connectivity index (χ4v) is 5.29. The lowest BCUT2D eigenvalue weighted by atomic mass is 9.85. The van der Waals surface area contributed by atoms with E-state index >= 15 is 0 Å². The SMILES string of the molecule is CC(C)CN1C(=O)c2cccc3c(N4CCCN(CC5CCC5)CC4)ccc1c23. The smallest absolute Gasteiger partial charge is 0.259 e. The molecule has 2 aliphatic heterocycles. The second-order valence-electron chi connectivity index (χ2n) is 9.58. The highest BCUT2D eigenvalue weighted by molar-refractivity contribution is 6.26. The Morgan fingerprint density at radius 3 is 2.55 bits per heavy atom. The van der Waals surface area contributed by atoms with Crippen molar-refractivity contribution in [2.75, 3.05) is 49.1 Å². The minimum atomic E-state index is 0.166. The number of amides is 1. The van der Waals surface area contributed by atoms with E-state index in [1.807, 2.05) is 11.0 Å². The number of carbonyl (C=O) groups excluding carboxylic acids is 1. The molecule has 1 aliphatic carbocycles. The van der Waals surface area contributed by atoms with E-state index in [0.29, 0.717) is 5.92 Å². The molecule has 2 aromatic rings. The maximum atomic E-state index is 13.0. The summed E-state index contributed by atoms with van der Waals surface area (Å²) in [4.78, 5) is 20.3. The first-order valence-electron chi connectivity index (χ1n) is 11.5. The second-order valence-corrected chi connectivity index (χ2v) is 9.58. The van der Waals surface area contributed by atoms with Crippen LogP contribution in [0.25, 0.3) is 10.8 Å². The van der Waals surface area contributed by atoms with Crippen LogP contribution in [0.15, 0.2) is 30.3 Å². The van der Waals surface area contributed by atoms with Crippen LogP contribution in [0, 0.1) is 11.8 Å². The molecule has 1 amide bonds. The maximum absolute atomic E-state index is 13.0. The normalized spacial score (nSPS) is 20.6. The third-order valence-electron chi connectivity index (χ3n) is 6.98. The number of nitrogens with zero attached hydrogens (tertiary/aromatic N) is 3. The lowest BCUT2D eigenvalue weighted by Gasteiger charge is -2.31. The molecule has 1 saturated carbocycles. The van der Waals surface area contributed by atoms with Crippen molar-refractivity contribution in [2.45, 2.75) is 39.5 Å². The van der Waals surface area contributed by atoms with Crippen LogP contribution in [-0.4, -0.2) is 50.1 Å². The summed E-state index contributed by atoms with van der Waals surface area (Å²) in [5.74, 6) is 1.56. The molecule has 0 N–H and O–H groups in total. The number of rotatable bonds is 5. The van der Waals surface area contributed by atoms with Gasteiger partial charge in [0.2, 0.25) is 0 Å². The van der Waals surface area contributed by atoms with Crippen molar-refractivity contribution in [1.29, 1.82) is 0 Å². The Kier molecular flexibility index (Phi) is 4.99. The van der Waals surface area contributed by atoms with Crippen LogP contribution in [0.4, 0.5) is 11.4 Å². The lowest BCUT2D eigenvalue weighted by molar-refractivity contribution is 0.0990. The average Bonchev–Trinajstić information content (AvgIpc) is 2.84. The highest BCUT2D eigenvalue weighted by atomic mass is 16.2. The molecule has 4 heteroatoms. The summed E-state index contributed by atoms with van der Waals surface area (Å²) < 4.78 is 0. The van der Waals surface area contributed by atoms with E-state index in [4.69, 9.17) is 0 Å². The van der Waals surface area contributed by atoms with Gasteiger partial charge in [0.05, 0.1) is 5.69 Å². The first-order valence-corrected chi connectivity index (χ1v) is 11.5. The Morgan fingerprint density at radius 2 is 1.79 bits per heavy atom. The van der Waals surface area contributed by atoms with Gasteiger partial charge in [0.25, 0.3) is 5.91 Å². The predicted octanol–water partition coefficient (Wildman–Crippen LogP) is 4.77. The average molecular weight is 392 g/mol. The van der Waals surface area contributed by atoms with Gasteiger partial charge in [-0.1, -0.05) is 32.4 Å². The van der Waals surface area contributed by atoms with Crippen molar-refractivity contribution in [3.63, 3.8) is 0 Å². The Hall–Kier alpha value is -2.07. The molecule has 0 aromatic heterocycles. The van der Waals surface area contributed by atoms with E-state index in [-0.39, 0.29) is 5.91 Å². The molecule has 0 radical (unpaired) electrons. The third-order valence-corrected chi connectivity index (χ3v) is 6.98. The number of hydrogen-bond acceptors (Lipinski definition) is 3. The van der Waals surface area contributed by atoms with E-state index < -0.39 is 0 Å². The molecule has 2 aromatic carbocycles. The summed E-state index contributed by atoms with van der Waals surface area (Å²) >= 11 is 0. The van der Waals surface area contributed by atoms with Crippen LogP contribution >= 0.6 is 0 Å². The molecule has 5 rings (SSSR count). The van der Waals surface area contributed by atoms with Crippen molar-refractivity contribution < 1.29 is 4.79 Å². The molecule has 154 valence electrons. The largest absolute Gasteiger partial charge is 0.370 e. The van der Waals surface area contributed by atoms with Crippen LogP contribution < -0.4 is 9.80 Å². The first-order chi connectivity index (χ1) is 14.1. The summed E-state index contributed by atoms with van der Waals surface area (Å²) in [7, 11) is 0. The molecule has 2 fully saturated rings. The molecule has 0 bridgehead atoms. The number of benzene rings is 2. The molecule has 3 aliphatic rings.